The predicted octanol–water partition coefficient (Wildman–Crippen LogP) is 2.70. The summed E-state index contributed by atoms with van der Waals surface area (Å²) in [6.45, 7) is 1.61. The molecular weight excluding hydrogens is 238 g/mol. The number of nitrogens with one attached hydrogen (secondary N) is 1. The van der Waals surface area contributed by atoms with Crippen LogP contribution >= 0.6 is 0 Å². The highest BCUT2D eigenvalue weighted by molar-refractivity contribution is 5.72. The Hall–Kier alpha value is -2.33. The van der Waals surface area contributed by atoms with Gasteiger partial charge in [-0.05, 0) is 35.4 Å². The molecule has 0 saturated heterocycles. The number of fused-ring (bicyclic) bond motifs is 1. The number of nitrogens with two attached hydrogens (primary N) is 1. The molecule has 96 valence electrons. The maximum Gasteiger partial charge on any atom is 0.181 e. The second kappa shape index (κ2) is 5.12. The van der Waals surface area contributed by atoms with E-state index in [4.69, 9.17) is 10.2 Å². The summed E-state index contributed by atoms with van der Waals surface area (Å²) in [6.07, 6.45) is 1.47. The van der Waals surface area contributed by atoms with Crippen LogP contribution in [0.3, 0.4) is 0 Å². The van der Waals surface area contributed by atoms with E-state index in [1.54, 1.807) is 0 Å². The molecule has 0 saturated carbocycles. The highest BCUT2D eigenvalue weighted by atomic mass is 16.3. The van der Waals surface area contributed by atoms with Gasteiger partial charge in [-0.15, -0.1) is 0 Å². The highest BCUT2D eigenvalue weighted by Crippen LogP contribution is 2.14. The summed E-state index contributed by atoms with van der Waals surface area (Å²) in [4.78, 5) is 4.10. The first-order valence-corrected chi connectivity index (χ1v) is 6.18. The Balaban J connectivity index is 1.61. The number of hydrogen-bond acceptors (Lipinski definition) is 4. The van der Waals surface area contributed by atoms with Gasteiger partial charge in [0.05, 0.1) is 0 Å². The van der Waals surface area contributed by atoms with E-state index in [-0.39, 0.29) is 0 Å². The van der Waals surface area contributed by atoms with Gasteiger partial charge in [-0.25, -0.2) is 4.98 Å². The predicted molar refractivity (Wildman–Crippen MR) is 75.4 cm³/mol. The molecule has 0 atom stereocenters. The number of nitrogens with zero attached hydrogens (tertiary/aromatic N) is 1. The lowest BCUT2D eigenvalue weighted by Crippen LogP contribution is -2.12. The Labute approximate surface area is 111 Å². The van der Waals surface area contributed by atoms with Crippen molar-refractivity contribution in [3.8, 4) is 0 Å². The zero-order chi connectivity index (χ0) is 13.1. The summed E-state index contributed by atoms with van der Waals surface area (Å²) in [5.41, 5.74) is 10.6. The van der Waals surface area contributed by atoms with Crippen LogP contribution in [0, 0.1) is 0 Å². The van der Waals surface area contributed by atoms with E-state index in [2.05, 4.69) is 16.4 Å². The molecule has 0 spiro atoms. The van der Waals surface area contributed by atoms with Crippen LogP contribution in [0.2, 0.25) is 0 Å². The largest absolute Gasteiger partial charge is 0.443 e. The molecule has 3 N–H and O–H groups in total. The van der Waals surface area contributed by atoms with E-state index < -0.39 is 0 Å². The van der Waals surface area contributed by atoms with E-state index in [0.717, 1.165) is 29.9 Å². The van der Waals surface area contributed by atoms with E-state index in [1.165, 1.54) is 17.5 Å². The molecule has 1 aromatic heterocycles. The monoisotopic (exact) mass is 253 g/mol. The van der Waals surface area contributed by atoms with Gasteiger partial charge in [-0.1, -0.05) is 18.2 Å². The average molecular weight is 253 g/mol. The fourth-order valence-corrected chi connectivity index (χ4v) is 2.00. The second-order valence-electron chi connectivity index (χ2n) is 4.50. The Morgan fingerprint density at radius 2 is 1.74 bits per heavy atom. The minimum atomic E-state index is 0.791. The number of rotatable bonds is 4. The van der Waals surface area contributed by atoms with Gasteiger partial charge >= 0.3 is 0 Å². The molecule has 0 aliphatic heterocycles. The first-order chi connectivity index (χ1) is 9.31. The van der Waals surface area contributed by atoms with Crippen LogP contribution in [-0.2, 0) is 13.1 Å². The Morgan fingerprint density at radius 3 is 2.58 bits per heavy atom. The number of benzene rings is 2. The number of hydrogen-bond donors (Lipinski definition) is 2. The third-order valence-electron chi connectivity index (χ3n) is 3.03. The maximum absolute atomic E-state index is 5.65. The molecule has 0 amide bonds. The molecule has 0 fully saturated rings. The van der Waals surface area contributed by atoms with Crippen LogP contribution in [0.5, 0.6) is 0 Å². The average Bonchev–Trinajstić information content (AvgIpc) is 2.88. The minimum absolute atomic E-state index is 0.791. The zero-order valence-corrected chi connectivity index (χ0v) is 10.5. The van der Waals surface area contributed by atoms with Crippen LogP contribution in [-0.4, -0.2) is 4.98 Å². The topological polar surface area (TPSA) is 64.1 Å². The lowest BCUT2D eigenvalue weighted by molar-refractivity contribution is 0.601. The molecule has 0 aliphatic rings. The van der Waals surface area contributed by atoms with E-state index >= 15 is 0 Å². The molecule has 2 aromatic carbocycles. The molecule has 0 aliphatic carbocycles. The zero-order valence-electron chi connectivity index (χ0n) is 10.5. The molecule has 0 bridgehead atoms. The van der Waals surface area contributed by atoms with Gasteiger partial charge in [0, 0.05) is 18.8 Å². The van der Waals surface area contributed by atoms with Crippen molar-refractivity contribution in [2.45, 2.75) is 13.1 Å². The number of nitrogen functional groups attached to an aromatic ring is 1. The van der Waals surface area contributed by atoms with Crippen molar-refractivity contribution in [3.63, 3.8) is 0 Å². The lowest BCUT2D eigenvalue weighted by Gasteiger charge is -2.05. The molecule has 4 heteroatoms. The third kappa shape index (κ3) is 2.74. The van der Waals surface area contributed by atoms with Gasteiger partial charge in [0.2, 0.25) is 0 Å². The standard InChI is InChI=1S/C15H15N3O/c16-13-4-1-11(2-5-13)8-17-9-12-3-6-14-15(7-12)19-10-18-14/h1-7,10,17H,8-9,16H2. The smallest absolute Gasteiger partial charge is 0.181 e. The molecule has 3 aromatic rings. The molecule has 0 radical (unpaired) electrons. The fraction of sp³-hybridized carbons (Fsp3) is 0.133. The van der Waals surface area contributed by atoms with Gasteiger partial charge in [-0.3, -0.25) is 0 Å². The van der Waals surface area contributed by atoms with E-state index in [0.29, 0.717) is 0 Å². The van der Waals surface area contributed by atoms with Crippen molar-refractivity contribution in [3.05, 3.63) is 60.0 Å². The molecule has 3 rings (SSSR count). The fourth-order valence-electron chi connectivity index (χ4n) is 2.00. The van der Waals surface area contributed by atoms with Crippen molar-refractivity contribution in [1.29, 1.82) is 0 Å². The van der Waals surface area contributed by atoms with E-state index in [9.17, 15) is 0 Å². The number of oxazole rings is 1. The Morgan fingerprint density at radius 1 is 1.00 bits per heavy atom. The van der Waals surface area contributed by atoms with Gasteiger partial charge < -0.3 is 15.5 Å². The number of anilines is 1. The molecule has 1 heterocycles. The van der Waals surface area contributed by atoms with Crippen LogP contribution in [0.4, 0.5) is 5.69 Å². The Kier molecular flexibility index (Phi) is 3.16. The number of aromatic nitrogens is 1. The second-order valence-corrected chi connectivity index (χ2v) is 4.50. The summed E-state index contributed by atoms with van der Waals surface area (Å²) in [5, 5.41) is 3.39. The molecule has 19 heavy (non-hydrogen) atoms. The first kappa shape index (κ1) is 11.7. The van der Waals surface area contributed by atoms with Crippen molar-refractivity contribution >= 4 is 16.8 Å². The summed E-state index contributed by atoms with van der Waals surface area (Å²) in [5.74, 6) is 0. The summed E-state index contributed by atoms with van der Waals surface area (Å²) < 4.78 is 5.28. The van der Waals surface area contributed by atoms with Crippen LogP contribution in [0.25, 0.3) is 11.1 Å². The quantitative estimate of drug-likeness (QED) is 0.702. The minimum Gasteiger partial charge on any atom is -0.443 e. The molecule has 0 unspecified atom stereocenters. The van der Waals surface area contributed by atoms with Crippen LogP contribution in [0.1, 0.15) is 11.1 Å². The van der Waals surface area contributed by atoms with Crippen LogP contribution < -0.4 is 11.1 Å². The van der Waals surface area contributed by atoms with Gasteiger partial charge in [0.25, 0.3) is 0 Å². The van der Waals surface area contributed by atoms with Gasteiger partial charge in [0.1, 0.15) is 5.52 Å². The van der Waals surface area contributed by atoms with Crippen molar-refractivity contribution in [1.82, 2.24) is 10.3 Å². The molecule has 4 nitrogen and oxygen atoms in total. The normalized spacial score (nSPS) is 10.9. The third-order valence-corrected chi connectivity index (χ3v) is 3.03. The maximum atomic E-state index is 5.65. The Bertz CT molecular complexity index is 673. The van der Waals surface area contributed by atoms with Crippen molar-refractivity contribution < 1.29 is 4.42 Å². The summed E-state index contributed by atoms with van der Waals surface area (Å²) >= 11 is 0. The van der Waals surface area contributed by atoms with Crippen LogP contribution in [0.15, 0.2) is 53.3 Å². The SMILES string of the molecule is Nc1ccc(CNCc2ccc3ncoc3c2)cc1. The van der Waals surface area contributed by atoms with Crippen molar-refractivity contribution in [2.24, 2.45) is 0 Å². The molecular formula is C15H15N3O. The summed E-state index contributed by atoms with van der Waals surface area (Å²) in [6, 6.07) is 13.9. The highest BCUT2D eigenvalue weighted by Gasteiger charge is 2.00. The first-order valence-electron chi connectivity index (χ1n) is 6.18. The van der Waals surface area contributed by atoms with E-state index in [1.807, 2.05) is 36.4 Å². The lowest BCUT2D eigenvalue weighted by atomic mass is 10.2. The van der Waals surface area contributed by atoms with Gasteiger partial charge in [0.15, 0.2) is 12.0 Å². The van der Waals surface area contributed by atoms with Crippen molar-refractivity contribution in [2.75, 3.05) is 5.73 Å². The summed E-state index contributed by atoms with van der Waals surface area (Å²) in [7, 11) is 0. The van der Waals surface area contributed by atoms with Gasteiger partial charge in [-0.2, -0.15) is 0 Å².